The Labute approximate surface area is 156 Å². The molecule has 0 unspecified atom stereocenters. The Hall–Kier alpha value is -0.800. The molecule has 0 radical (unpaired) electrons. The Morgan fingerprint density at radius 2 is 1.74 bits per heavy atom. The van der Waals surface area contributed by atoms with Gasteiger partial charge in [-0.3, -0.25) is 0 Å². The average molecular weight is 400 g/mol. The smallest absolute Gasteiger partial charge is 0.243 e. The van der Waals surface area contributed by atoms with Crippen LogP contribution in [0.5, 0.6) is 0 Å². The second-order valence-corrected chi connectivity index (χ2v) is 6.47. The predicted molar refractivity (Wildman–Crippen MR) is 93.2 cm³/mol. The third-order valence-corrected chi connectivity index (χ3v) is 4.31. The van der Waals surface area contributed by atoms with Crippen molar-refractivity contribution in [2.75, 3.05) is 0 Å². The second kappa shape index (κ2) is 11.7. The van der Waals surface area contributed by atoms with E-state index in [0.717, 1.165) is 31.0 Å². The normalized spacial score (nSPS) is 10.5. The van der Waals surface area contributed by atoms with Crippen LogP contribution >= 0.6 is 11.6 Å². The molecule has 2 rings (SSSR count). The number of nitrogens with zero attached hydrogens (tertiary/aromatic N) is 2. The van der Waals surface area contributed by atoms with E-state index in [-0.39, 0.29) is 17.0 Å². The van der Waals surface area contributed by atoms with Gasteiger partial charge in [-0.25, -0.2) is 9.13 Å². The standard InChI is InChI=1S/C19H28ClN2.BrH/c1-2-3-4-5-6-13-21-15-16-22(17-21)14-7-8-18-9-11-19(20)12-10-18;/h9-12,15-17H,2-8,13-14H2,1H3;1H/q+1;/p-1. The summed E-state index contributed by atoms with van der Waals surface area (Å²) >= 11 is 5.91. The van der Waals surface area contributed by atoms with E-state index < -0.39 is 0 Å². The molecule has 23 heavy (non-hydrogen) atoms. The Kier molecular flexibility index (Phi) is 10.3. The molecule has 0 saturated carbocycles. The van der Waals surface area contributed by atoms with Crippen LogP contribution in [0.4, 0.5) is 0 Å². The molecule has 0 spiro atoms. The lowest BCUT2D eigenvalue weighted by Crippen LogP contribution is -3.00. The van der Waals surface area contributed by atoms with Crippen molar-refractivity contribution in [1.82, 2.24) is 4.57 Å². The summed E-state index contributed by atoms with van der Waals surface area (Å²) in [6.07, 6.45) is 15.6. The van der Waals surface area contributed by atoms with Crippen molar-refractivity contribution in [3.63, 3.8) is 0 Å². The Morgan fingerprint density at radius 3 is 2.48 bits per heavy atom. The molecule has 0 aliphatic carbocycles. The molecule has 4 heteroatoms. The van der Waals surface area contributed by atoms with Crippen molar-refractivity contribution >= 4 is 11.6 Å². The van der Waals surface area contributed by atoms with Crippen LogP contribution < -0.4 is 21.5 Å². The minimum absolute atomic E-state index is 0. The topological polar surface area (TPSA) is 8.81 Å². The maximum atomic E-state index is 5.91. The number of hydrogen-bond donors (Lipinski definition) is 0. The van der Waals surface area contributed by atoms with E-state index in [2.05, 4.69) is 46.9 Å². The molecule has 1 heterocycles. The van der Waals surface area contributed by atoms with E-state index in [0.29, 0.717) is 0 Å². The lowest BCUT2D eigenvalue weighted by Gasteiger charge is -2.00. The SMILES string of the molecule is CCCCCCCn1cc[n+](CCCc2ccc(Cl)cc2)c1.[Br-]. The van der Waals surface area contributed by atoms with Gasteiger partial charge in [0.1, 0.15) is 12.4 Å². The Morgan fingerprint density at radius 1 is 1.00 bits per heavy atom. The number of benzene rings is 1. The number of aromatic nitrogens is 2. The predicted octanol–water partition coefficient (Wildman–Crippen LogP) is 2.04. The molecule has 128 valence electrons. The summed E-state index contributed by atoms with van der Waals surface area (Å²) in [6, 6.07) is 8.18. The van der Waals surface area contributed by atoms with Crippen LogP contribution in [0.3, 0.4) is 0 Å². The van der Waals surface area contributed by atoms with E-state index >= 15 is 0 Å². The van der Waals surface area contributed by atoms with Gasteiger partial charge in [-0.05, 0) is 43.4 Å². The summed E-state index contributed by atoms with van der Waals surface area (Å²) in [7, 11) is 0. The summed E-state index contributed by atoms with van der Waals surface area (Å²) in [5.74, 6) is 0. The molecule has 2 nitrogen and oxygen atoms in total. The van der Waals surface area contributed by atoms with Crippen molar-refractivity contribution in [2.24, 2.45) is 0 Å². The van der Waals surface area contributed by atoms with Crippen LogP contribution in [0.2, 0.25) is 5.02 Å². The minimum Gasteiger partial charge on any atom is -1.00 e. The van der Waals surface area contributed by atoms with Gasteiger partial charge in [0.05, 0.1) is 13.1 Å². The van der Waals surface area contributed by atoms with E-state index in [9.17, 15) is 0 Å². The van der Waals surface area contributed by atoms with Crippen LogP contribution in [-0.4, -0.2) is 4.57 Å². The first-order chi connectivity index (χ1) is 10.8. The summed E-state index contributed by atoms with van der Waals surface area (Å²) in [5.41, 5.74) is 1.36. The van der Waals surface area contributed by atoms with Gasteiger partial charge < -0.3 is 17.0 Å². The monoisotopic (exact) mass is 398 g/mol. The molecule has 0 atom stereocenters. The minimum atomic E-state index is 0. The van der Waals surface area contributed by atoms with Gasteiger partial charge in [0.15, 0.2) is 0 Å². The first kappa shape index (κ1) is 20.2. The van der Waals surface area contributed by atoms with Gasteiger partial charge in [-0.1, -0.05) is 49.9 Å². The fraction of sp³-hybridized carbons (Fsp3) is 0.526. The van der Waals surface area contributed by atoms with E-state index in [1.54, 1.807) is 0 Å². The molecule has 1 aromatic carbocycles. The summed E-state index contributed by atoms with van der Waals surface area (Å²) in [5, 5.41) is 0.814. The molecule has 0 N–H and O–H groups in total. The highest BCUT2D eigenvalue weighted by Crippen LogP contribution is 2.10. The number of unbranched alkanes of at least 4 members (excludes halogenated alkanes) is 4. The van der Waals surface area contributed by atoms with Crippen molar-refractivity contribution in [2.45, 2.75) is 65.0 Å². The molecule has 0 fully saturated rings. The maximum absolute atomic E-state index is 5.91. The largest absolute Gasteiger partial charge is 1.00 e. The van der Waals surface area contributed by atoms with Gasteiger partial charge in [0.25, 0.3) is 0 Å². The van der Waals surface area contributed by atoms with Crippen LogP contribution in [0.15, 0.2) is 43.0 Å². The Balaban J connectivity index is 0.00000264. The molecule has 2 aromatic rings. The van der Waals surface area contributed by atoms with Crippen LogP contribution in [0.1, 0.15) is 51.0 Å². The summed E-state index contributed by atoms with van der Waals surface area (Å²) in [4.78, 5) is 0. The lowest BCUT2D eigenvalue weighted by atomic mass is 10.1. The molecular weight excluding hydrogens is 372 g/mol. The molecular formula is C19H28BrClN2. The fourth-order valence-electron chi connectivity index (χ4n) is 2.72. The highest BCUT2D eigenvalue weighted by Gasteiger charge is 2.03. The summed E-state index contributed by atoms with van der Waals surface area (Å²) in [6.45, 7) is 4.48. The van der Waals surface area contributed by atoms with Gasteiger partial charge in [-0.2, -0.15) is 0 Å². The first-order valence-electron chi connectivity index (χ1n) is 8.57. The second-order valence-electron chi connectivity index (χ2n) is 6.03. The molecule has 0 aliphatic rings. The van der Waals surface area contributed by atoms with E-state index in [1.807, 2.05) is 12.1 Å². The Bertz CT molecular complexity index is 537. The van der Waals surface area contributed by atoms with Gasteiger partial charge in [0.2, 0.25) is 6.33 Å². The fourth-order valence-corrected chi connectivity index (χ4v) is 2.84. The quantitative estimate of drug-likeness (QED) is 0.427. The lowest BCUT2D eigenvalue weighted by molar-refractivity contribution is -0.696. The molecule has 0 bridgehead atoms. The molecule has 0 aliphatic heterocycles. The highest BCUT2D eigenvalue weighted by molar-refractivity contribution is 6.30. The van der Waals surface area contributed by atoms with E-state index in [4.69, 9.17) is 11.6 Å². The first-order valence-corrected chi connectivity index (χ1v) is 8.95. The van der Waals surface area contributed by atoms with Crippen molar-refractivity contribution < 1.29 is 21.5 Å². The van der Waals surface area contributed by atoms with Crippen molar-refractivity contribution in [1.29, 1.82) is 0 Å². The van der Waals surface area contributed by atoms with Crippen molar-refractivity contribution in [3.8, 4) is 0 Å². The van der Waals surface area contributed by atoms with Gasteiger partial charge >= 0.3 is 0 Å². The number of aryl methyl sites for hydroxylation is 3. The average Bonchev–Trinajstić information content (AvgIpc) is 2.97. The molecule has 0 saturated heterocycles. The number of rotatable bonds is 10. The van der Waals surface area contributed by atoms with Crippen molar-refractivity contribution in [3.05, 3.63) is 53.6 Å². The van der Waals surface area contributed by atoms with Crippen LogP contribution in [0.25, 0.3) is 0 Å². The maximum Gasteiger partial charge on any atom is 0.243 e. The summed E-state index contributed by atoms with van der Waals surface area (Å²) < 4.78 is 4.61. The number of halogens is 2. The van der Waals surface area contributed by atoms with Crippen LogP contribution in [-0.2, 0) is 19.5 Å². The van der Waals surface area contributed by atoms with Crippen LogP contribution in [0, 0.1) is 0 Å². The van der Waals surface area contributed by atoms with Gasteiger partial charge in [0, 0.05) is 5.02 Å². The van der Waals surface area contributed by atoms with E-state index in [1.165, 1.54) is 37.7 Å². The zero-order valence-electron chi connectivity index (χ0n) is 14.1. The third kappa shape index (κ3) is 8.03. The zero-order valence-corrected chi connectivity index (χ0v) is 16.4. The highest BCUT2D eigenvalue weighted by atomic mass is 79.9. The van der Waals surface area contributed by atoms with Gasteiger partial charge in [-0.15, -0.1) is 0 Å². The number of hydrogen-bond acceptors (Lipinski definition) is 0. The third-order valence-electron chi connectivity index (χ3n) is 4.06. The molecule has 1 aromatic heterocycles. The zero-order chi connectivity index (χ0) is 15.6. The molecule has 0 amide bonds. The number of imidazole rings is 1.